The van der Waals surface area contributed by atoms with E-state index in [9.17, 15) is 4.79 Å². The fourth-order valence-corrected chi connectivity index (χ4v) is 1.25. The lowest BCUT2D eigenvalue weighted by molar-refractivity contribution is -0.117. The summed E-state index contributed by atoms with van der Waals surface area (Å²) in [6.45, 7) is 5.67. The zero-order valence-corrected chi connectivity index (χ0v) is 11.8. The Morgan fingerprint density at radius 2 is 1.21 bits per heavy atom. The van der Waals surface area contributed by atoms with Gasteiger partial charge in [0.25, 0.3) is 0 Å². The molecule has 0 aliphatic heterocycles. The van der Waals surface area contributed by atoms with Gasteiger partial charge in [-0.3, -0.25) is 0 Å². The second-order valence-electron chi connectivity index (χ2n) is 3.98. The van der Waals surface area contributed by atoms with Crippen LogP contribution in [-0.4, -0.2) is 70.4 Å². The molecular weight excluding hydrogens is 252 g/mol. The highest BCUT2D eigenvalue weighted by Crippen LogP contribution is 1.91. The number of carbonyl (C=O) groups excluding carboxylic acids is 1. The molecule has 0 saturated heterocycles. The number of hydrogen-bond donors (Lipinski definition) is 1. The zero-order valence-electron chi connectivity index (χ0n) is 11.8. The summed E-state index contributed by atoms with van der Waals surface area (Å²) in [6.07, 6.45) is 1.35. The van der Waals surface area contributed by atoms with Crippen LogP contribution in [0.5, 0.6) is 0 Å². The van der Waals surface area contributed by atoms with Crippen LogP contribution in [0.1, 0.15) is 19.8 Å². The van der Waals surface area contributed by atoms with E-state index in [2.05, 4.69) is 0 Å². The van der Waals surface area contributed by atoms with Crippen molar-refractivity contribution >= 4 is 5.78 Å². The third-order valence-corrected chi connectivity index (χ3v) is 2.17. The van der Waals surface area contributed by atoms with Crippen molar-refractivity contribution in [2.75, 3.05) is 59.5 Å². The van der Waals surface area contributed by atoms with Crippen LogP contribution >= 0.6 is 0 Å². The molecule has 0 heterocycles. The standard InChI is InChI=1S/C13H26O6/c1-13(15)3-2-5-16-7-9-18-11-12-19-10-8-17-6-4-14/h14H,2-12H2,1H3. The highest BCUT2D eigenvalue weighted by Gasteiger charge is 1.94. The maximum atomic E-state index is 10.6. The maximum absolute atomic E-state index is 10.6. The first-order valence-corrected chi connectivity index (χ1v) is 6.68. The van der Waals surface area contributed by atoms with Crippen molar-refractivity contribution in [1.29, 1.82) is 0 Å². The minimum atomic E-state index is 0.0372. The van der Waals surface area contributed by atoms with Gasteiger partial charge in [-0.15, -0.1) is 0 Å². The van der Waals surface area contributed by atoms with Crippen molar-refractivity contribution in [2.24, 2.45) is 0 Å². The van der Waals surface area contributed by atoms with Crippen molar-refractivity contribution in [1.82, 2.24) is 0 Å². The van der Waals surface area contributed by atoms with E-state index in [0.29, 0.717) is 59.3 Å². The van der Waals surface area contributed by atoms with E-state index in [-0.39, 0.29) is 12.4 Å². The molecule has 0 amide bonds. The second-order valence-corrected chi connectivity index (χ2v) is 3.98. The minimum absolute atomic E-state index is 0.0372. The summed E-state index contributed by atoms with van der Waals surface area (Å²) in [5, 5.41) is 8.46. The van der Waals surface area contributed by atoms with Gasteiger partial charge in [-0.25, -0.2) is 0 Å². The summed E-state index contributed by atoms with van der Waals surface area (Å²) < 4.78 is 20.8. The van der Waals surface area contributed by atoms with E-state index in [1.807, 2.05) is 0 Å². The number of aliphatic hydroxyl groups is 1. The predicted octanol–water partition coefficient (Wildman–Crippen LogP) is 0.414. The van der Waals surface area contributed by atoms with Crippen molar-refractivity contribution in [3.8, 4) is 0 Å². The van der Waals surface area contributed by atoms with Gasteiger partial charge in [-0.2, -0.15) is 0 Å². The molecule has 0 aromatic rings. The van der Waals surface area contributed by atoms with Gasteiger partial charge in [0.15, 0.2) is 0 Å². The van der Waals surface area contributed by atoms with E-state index < -0.39 is 0 Å². The molecule has 0 aromatic carbocycles. The van der Waals surface area contributed by atoms with E-state index in [4.69, 9.17) is 24.1 Å². The molecule has 0 rings (SSSR count). The first-order chi connectivity index (χ1) is 9.27. The SMILES string of the molecule is CC(=O)CCCOCCOCCOCCOCCO. The van der Waals surface area contributed by atoms with E-state index in [1.54, 1.807) is 6.92 Å². The molecule has 0 unspecified atom stereocenters. The van der Waals surface area contributed by atoms with Crippen LogP contribution in [0.3, 0.4) is 0 Å². The van der Waals surface area contributed by atoms with Gasteiger partial charge in [0.2, 0.25) is 0 Å². The van der Waals surface area contributed by atoms with Crippen molar-refractivity contribution in [3.63, 3.8) is 0 Å². The molecule has 6 heteroatoms. The lowest BCUT2D eigenvalue weighted by Gasteiger charge is -2.06. The molecule has 0 aromatic heterocycles. The van der Waals surface area contributed by atoms with Gasteiger partial charge >= 0.3 is 0 Å². The van der Waals surface area contributed by atoms with Gasteiger partial charge in [0.05, 0.1) is 52.9 Å². The average Bonchev–Trinajstić information content (AvgIpc) is 2.39. The number of aliphatic hydroxyl groups excluding tert-OH is 1. The molecule has 0 bridgehead atoms. The Hall–Kier alpha value is -0.530. The molecule has 0 fully saturated rings. The van der Waals surface area contributed by atoms with Crippen LogP contribution < -0.4 is 0 Å². The Kier molecular flexibility index (Phi) is 15.1. The number of hydrogen-bond acceptors (Lipinski definition) is 6. The average molecular weight is 278 g/mol. The second kappa shape index (κ2) is 15.5. The third-order valence-electron chi connectivity index (χ3n) is 2.17. The number of ketones is 1. The number of Topliss-reactive ketones (excluding diaryl/α,β-unsaturated/α-hetero) is 1. The number of rotatable bonds is 15. The van der Waals surface area contributed by atoms with Crippen LogP contribution in [-0.2, 0) is 23.7 Å². The molecule has 0 radical (unpaired) electrons. The molecule has 6 nitrogen and oxygen atoms in total. The summed E-state index contributed by atoms with van der Waals surface area (Å²) in [5.41, 5.74) is 0. The fourth-order valence-electron chi connectivity index (χ4n) is 1.25. The molecule has 0 saturated carbocycles. The van der Waals surface area contributed by atoms with Crippen LogP contribution in [0.15, 0.2) is 0 Å². The Morgan fingerprint density at radius 3 is 1.63 bits per heavy atom. The lowest BCUT2D eigenvalue weighted by atomic mass is 10.2. The quantitative estimate of drug-likeness (QED) is 0.437. The van der Waals surface area contributed by atoms with Gasteiger partial charge in [0, 0.05) is 13.0 Å². The monoisotopic (exact) mass is 278 g/mol. The van der Waals surface area contributed by atoms with Crippen molar-refractivity contribution in [2.45, 2.75) is 19.8 Å². The fraction of sp³-hybridized carbons (Fsp3) is 0.923. The molecule has 0 spiro atoms. The smallest absolute Gasteiger partial charge is 0.129 e. The molecule has 1 N–H and O–H groups in total. The lowest BCUT2D eigenvalue weighted by Crippen LogP contribution is -2.12. The summed E-state index contributed by atoms with van der Waals surface area (Å²) >= 11 is 0. The largest absolute Gasteiger partial charge is 0.394 e. The highest BCUT2D eigenvalue weighted by atomic mass is 16.6. The van der Waals surface area contributed by atoms with Gasteiger partial charge < -0.3 is 28.8 Å². The Labute approximate surface area is 115 Å². The van der Waals surface area contributed by atoms with Gasteiger partial charge in [-0.1, -0.05) is 0 Å². The van der Waals surface area contributed by atoms with Crippen molar-refractivity contribution < 1.29 is 28.8 Å². The minimum Gasteiger partial charge on any atom is -0.394 e. The molecule has 0 atom stereocenters. The summed E-state index contributed by atoms with van der Waals surface area (Å²) in [4.78, 5) is 10.6. The molecule has 19 heavy (non-hydrogen) atoms. The zero-order chi connectivity index (χ0) is 14.2. The number of ether oxygens (including phenoxy) is 4. The molecule has 114 valence electrons. The number of carbonyl (C=O) groups is 1. The maximum Gasteiger partial charge on any atom is 0.129 e. The van der Waals surface area contributed by atoms with E-state index >= 15 is 0 Å². The predicted molar refractivity (Wildman–Crippen MR) is 70.3 cm³/mol. The van der Waals surface area contributed by atoms with E-state index in [0.717, 1.165) is 6.42 Å². The van der Waals surface area contributed by atoms with Gasteiger partial charge in [-0.05, 0) is 13.3 Å². The van der Waals surface area contributed by atoms with E-state index in [1.165, 1.54) is 0 Å². The van der Waals surface area contributed by atoms with Crippen LogP contribution in [0.25, 0.3) is 0 Å². The van der Waals surface area contributed by atoms with Crippen LogP contribution in [0.2, 0.25) is 0 Å². The normalized spacial score (nSPS) is 10.8. The molecule has 0 aliphatic rings. The Morgan fingerprint density at radius 1 is 0.789 bits per heavy atom. The topological polar surface area (TPSA) is 74.2 Å². The van der Waals surface area contributed by atoms with Crippen LogP contribution in [0, 0.1) is 0 Å². The summed E-state index contributed by atoms with van der Waals surface area (Å²) in [7, 11) is 0. The van der Waals surface area contributed by atoms with Crippen LogP contribution in [0.4, 0.5) is 0 Å². The summed E-state index contributed by atoms with van der Waals surface area (Å²) in [6, 6.07) is 0. The summed E-state index contributed by atoms with van der Waals surface area (Å²) in [5.74, 6) is 0.194. The Balaban J connectivity index is 2.93. The first-order valence-electron chi connectivity index (χ1n) is 6.68. The molecular formula is C13H26O6. The van der Waals surface area contributed by atoms with Crippen molar-refractivity contribution in [3.05, 3.63) is 0 Å². The molecule has 0 aliphatic carbocycles. The van der Waals surface area contributed by atoms with Gasteiger partial charge in [0.1, 0.15) is 5.78 Å². The Bertz CT molecular complexity index is 198. The highest BCUT2D eigenvalue weighted by molar-refractivity contribution is 5.75. The first kappa shape index (κ1) is 18.5. The third kappa shape index (κ3) is 17.5.